The number of amides is 1. The van der Waals surface area contributed by atoms with Crippen molar-refractivity contribution in [1.29, 1.82) is 0 Å². The van der Waals surface area contributed by atoms with Crippen LogP contribution in [-0.2, 0) is 27.9 Å². The first-order valence-electron chi connectivity index (χ1n) is 9.26. The Labute approximate surface area is 171 Å². The highest BCUT2D eigenvalue weighted by Crippen LogP contribution is 2.23. The van der Waals surface area contributed by atoms with Gasteiger partial charge in [-0.1, -0.05) is 42.5 Å². The molecular weight excluding hydrogens is 388 g/mol. The predicted molar refractivity (Wildman–Crippen MR) is 111 cm³/mol. The average Bonchev–Trinajstić information content (AvgIpc) is 3.22. The molecule has 7 heteroatoms. The Bertz CT molecular complexity index is 1060. The smallest absolute Gasteiger partial charge is 0.244 e. The summed E-state index contributed by atoms with van der Waals surface area (Å²) in [5.41, 5.74) is 2.29. The lowest BCUT2D eigenvalue weighted by Gasteiger charge is -2.23. The number of nitrogens with one attached hydrogen (secondary N) is 1. The molecular formula is C22H24N2O4S. The van der Waals surface area contributed by atoms with Gasteiger partial charge in [0.15, 0.2) is 0 Å². The van der Waals surface area contributed by atoms with Gasteiger partial charge in [-0.15, -0.1) is 0 Å². The monoisotopic (exact) mass is 412 g/mol. The SMILES string of the molecule is Cc1ccc(C)c(S(=O)(=O)N(CC(=O)NCc2ccco2)Cc2ccccc2)c1. The fraction of sp³-hybridized carbons (Fsp3) is 0.227. The third-order valence-electron chi connectivity index (χ3n) is 4.52. The molecule has 2 aromatic carbocycles. The van der Waals surface area contributed by atoms with E-state index in [9.17, 15) is 13.2 Å². The second kappa shape index (κ2) is 9.07. The highest BCUT2D eigenvalue weighted by atomic mass is 32.2. The van der Waals surface area contributed by atoms with Gasteiger partial charge in [0.2, 0.25) is 15.9 Å². The number of carbonyl (C=O) groups excluding carboxylic acids is 1. The first-order chi connectivity index (χ1) is 13.9. The van der Waals surface area contributed by atoms with E-state index in [1.807, 2.05) is 43.3 Å². The van der Waals surface area contributed by atoms with Gasteiger partial charge in [0, 0.05) is 6.54 Å². The van der Waals surface area contributed by atoms with Crippen LogP contribution in [0.1, 0.15) is 22.5 Å². The second-order valence-corrected chi connectivity index (χ2v) is 8.79. The maximum Gasteiger partial charge on any atom is 0.244 e. The van der Waals surface area contributed by atoms with Crippen molar-refractivity contribution in [2.24, 2.45) is 0 Å². The average molecular weight is 413 g/mol. The molecule has 0 aliphatic heterocycles. The summed E-state index contributed by atoms with van der Waals surface area (Å²) >= 11 is 0. The molecule has 0 atom stereocenters. The highest BCUT2D eigenvalue weighted by molar-refractivity contribution is 7.89. The van der Waals surface area contributed by atoms with Gasteiger partial charge in [-0.2, -0.15) is 4.31 Å². The minimum Gasteiger partial charge on any atom is -0.467 e. The Balaban J connectivity index is 1.85. The predicted octanol–water partition coefficient (Wildman–Crippen LogP) is 3.40. The van der Waals surface area contributed by atoms with Crippen molar-refractivity contribution in [1.82, 2.24) is 9.62 Å². The van der Waals surface area contributed by atoms with Crippen LogP contribution in [0.15, 0.2) is 76.2 Å². The number of carbonyl (C=O) groups is 1. The lowest BCUT2D eigenvalue weighted by molar-refractivity contribution is -0.121. The minimum atomic E-state index is -3.87. The number of rotatable bonds is 8. The lowest BCUT2D eigenvalue weighted by atomic mass is 10.2. The van der Waals surface area contributed by atoms with Crippen molar-refractivity contribution in [3.8, 4) is 0 Å². The molecule has 0 aliphatic carbocycles. The largest absolute Gasteiger partial charge is 0.467 e. The summed E-state index contributed by atoms with van der Waals surface area (Å²) in [4.78, 5) is 12.7. The van der Waals surface area contributed by atoms with Crippen LogP contribution in [0.5, 0.6) is 0 Å². The molecule has 0 fully saturated rings. The molecule has 1 amide bonds. The molecule has 0 radical (unpaired) electrons. The van der Waals surface area contributed by atoms with E-state index >= 15 is 0 Å². The van der Waals surface area contributed by atoms with Crippen molar-refractivity contribution in [2.75, 3.05) is 6.54 Å². The maximum atomic E-state index is 13.4. The van der Waals surface area contributed by atoms with Crippen LogP contribution < -0.4 is 5.32 Å². The highest BCUT2D eigenvalue weighted by Gasteiger charge is 2.28. The summed E-state index contributed by atoms with van der Waals surface area (Å²) in [5.74, 6) is 0.205. The standard InChI is InChI=1S/C22H24N2O4S/c1-17-10-11-18(2)21(13-17)29(26,27)24(15-19-7-4-3-5-8-19)16-22(25)23-14-20-9-6-12-28-20/h3-13H,14-16H2,1-2H3,(H,23,25). The summed E-state index contributed by atoms with van der Waals surface area (Å²) in [6.07, 6.45) is 1.52. The number of benzene rings is 2. The maximum absolute atomic E-state index is 13.4. The van der Waals surface area contributed by atoms with Gasteiger partial charge >= 0.3 is 0 Å². The van der Waals surface area contributed by atoms with E-state index in [1.165, 1.54) is 10.6 Å². The van der Waals surface area contributed by atoms with Crippen LogP contribution >= 0.6 is 0 Å². The molecule has 0 unspecified atom stereocenters. The quantitative estimate of drug-likeness (QED) is 0.615. The first kappa shape index (κ1) is 20.8. The first-order valence-corrected chi connectivity index (χ1v) is 10.7. The number of aryl methyl sites for hydroxylation is 2. The molecule has 0 spiro atoms. The minimum absolute atomic E-state index is 0.102. The third kappa shape index (κ3) is 5.34. The summed E-state index contributed by atoms with van der Waals surface area (Å²) < 4.78 is 33.2. The van der Waals surface area contributed by atoms with E-state index in [4.69, 9.17) is 4.42 Å². The van der Waals surface area contributed by atoms with Crippen LogP contribution in [0.2, 0.25) is 0 Å². The van der Waals surface area contributed by atoms with Crippen LogP contribution in [0.3, 0.4) is 0 Å². The second-order valence-electron chi connectivity index (χ2n) is 6.88. The van der Waals surface area contributed by atoms with Crippen LogP contribution in [0, 0.1) is 13.8 Å². The fourth-order valence-corrected chi connectivity index (χ4v) is 4.65. The van der Waals surface area contributed by atoms with Crippen molar-refractivity contribution in [3.05, 3.63) is 89.4 Å². The summed E-state index contributed by atoms with van der Waals surface area (Å²) in [7, 11) is -3.87. The zero-order chi connectivity index (χ0) is 20.9. The number of hydrogen-bond acceptors (Lipinski definition) is 4. The Kier molecular flexibility index (Phi) is 6.51. The van der Waals surface area contributed by atoms with Gasteiger partial charge < -0.3 is 9.73 Å². The zero-order valence-electron chi connectivity index (χ0n) is 16.5. The van der Waals surface area contributed by atoms with Gasteiger partial charge in [-0.3, -0.25) is 4.79 Å². The topological polar surface area (TPSA) is 79.6 Å². The molecule has 3 rings (SSSR count). The lowest BCUT2D eigenvalue weighted by Crippen LogP contribution is -2.40. The Morgan fingerprint density at radius 2 is 1.79 bits per heavy atom. The van der Waals surface area contributed by atoms with Crippen LogP contribution in [0.4, 0.5) is 0 Å². The summed E-state index contributed by atoms with van der Waals surface area (Å²) in [6.45, 7) is 3.62. The van der Waals surface area contributed by atoms with E-state index in [0.29, 0.717) is 11.3 Å². The van der Waals surface area contributed by atoms with Crippen LogP contribution in [-0.4, -0.2) is 25.2 Å². The van der Waals surface area contributed by atoms with E-state index in [0.717, 1.165) is 11.1 Å². The zero-order valence-corrected chi connectivity index (χ0v) is 17.3. The molecule has 152 valence electrons. The van der Waals surface area contributed by atoms with Gasteiger partial charge in [-0.25, -0.2) is 8.42 Å². The molecule has 1 heterocycles. The van der Waals surface area contributed by atoms with Gasteiger partial charge in [0.25, 0.3) is 0 Å². The fourth-order valence-electron chi connectivity index (χ4n) is 2.95. The Morgan fingerprint density at radius 1 is 1.03 bits per heavy atom. The molecule has 0 saturated heterocycles. The van der Waals surface area contributed by atoms with Crippen molar-refractivity contribution < 1.29 is 17.6 Å². The molecule has 3 aromatic rings. The van der Waals surface area contributed by atoms with Crippen molar-refractivity contribution >= 4 is 15.9 Å². The Morgan fingerprint density at radius 3 is 2.48 bits per heavy atom. The summed E-state index contributed by atoms with van der Waals surface area (Å²) in [5, 5.41) is 2.71. The summed E-state index contributed by atoms with van der Waals surface area (Å²) in [6, 6.07) is 18.0. The van der Waals surface area contributed by atoms with Gasteiger partial charge in [0.05, 0.1) is 24.2 Å². The number of sulfonamides is 1. The third-order valence-corrected chi connectivity index (χ3v) is 6.46. The number of hydrogen-bond donors (Lipinski definition) is 1. The van der Waals surface area contributed by atoms with E-state index in [1.54, 1.807) is 31.2 Å². The molecule has 1 aromatic heterocycles. The number of furan rings is 1. The molecule has 1 N–H and O–H groups in total. The van der Waals surface area contributed by atoms with Gasteiger partial charge in [-0.05, 0) is 48.7 Å². The van der Waals surface area contributed by atoms with E-state index in [-0.39, 0.29) is 24.5 Å². The van der Waals surface area contributed by atoms with E-state index < -0.39 is 15.9 Å². The van der Waals surface area contributed by atoms with Crippen molar-refractivity contribution in [2.45, 2.75) is 31.8 Å². The van der Waals surface area contributed by atoms with E-state index in [2.05, 4.69) is 5.32 Å². The normalized spacial score (nSPS) is 11.6. The molecule has 0 bridgehead atoms. The molecule has 6 nitrogen and oxygen atoms in total. The molecule has 29 heavy (non-hydrogen) atoms. The molecule has 0 aliphatic rings. The Hall–Kier alpha value is -2.90. The van der Waals surface area contributed by atoms with Crippen LogP contribution in [0.25, 0.3) is 0 Å². The molecule has 0 saturated carbocycles. The van der Waals surface area contributed by atoms with Crippen molar-refractivity contribution in [3.63, 3.8) is 0 Å². The van der Waals surface area contributed by atoms with Gasteiger partial charge in [0.1, 0.15) is 5.76 Å². The number of nitrogens with zero attached hydrogens (tertiary/aromatic N) is 1.